The lowest BCUT2D eigenvalue weighted by Gasteiger charge is -2.12. The lowest BCUT2D eigenvalue weighted by molar-refractivity contribution is 0.199. The van der Waals surface area contributed by atoms with E-state index in [0.29, 0.717) is 4.90 Å². The predicted molar refractivity (Wildman–Crippen MR) is 73.2 cm³/mol. The molecule has 0 saturated heterocycles. The van der Waals surface area contributed by atoms with Gasteiger partial charge in [-0.15, -0.1) is 11.8 Å². The number of aliphatic hydroxyl groups is 1. The van der Waals surface area contributed by atoms with Crippen molar-refractivity contribution in [1.29, 1.82) is 0 Å². The van der Waals surface area contributed by atoms with Crippen LogP contribution in [0.2, 0.25) is 0 Å². The van der Waals surface area contributed by atoms with E-state index in [2.05, 4.69) is 0 Å². The van der Waals surface area contributed by atoms with Crippen LogP contribution in [-0.4, -0.2) is 10.9 Å². The molecule has 0 fully saturated rings. The number of hydrogen-bond acceptors (Lipinski definition) is 2. The molecule has 0 radical (unpaired) electrons. The molecule has 0 aliphatic carbocycles. The first-order valence-corrected chi connectivity index (χ1v) is 6.87. The largest absolute Gasteiger partial charge is 0.387 e. The maximum absolute atomic E-state index is 13.6. The van der Waals surface area contributed by atoms with Crippen LogP contribution in [0.3, 0.4) is 0 Å². The molecule has 1 N–H and O–H groups in total. The highest BCUT2D eigenvalue weighted by Crippen LogP contribution is 2.27. The molecule has 0 spiro atoms. The Morgan fingerprint density at radius 3 is 2.68 bits per heavy atom. The fraction of sp³-hybridized carbons (Fsp3) is 0.200. The third-order valence-corrected chi connectivity index (χ3v) is 3.78. The maximum atomic E-state index is 13.6. The molecule has 4 heteroatoms. The van der Waals surface area contributed by atoms with E-state index in [-0.39, 0.29) is 17.1 Å². The fourth-order valence-corrected chi connectivity index (χ4v) is 2.64. The topological polar surface area (TPSA) is 20.2 Å². The van der Waals surface area contributed by atoms with Gasteiger partial charge in [0.1, 0.15) is 11.6 Å². The van der Waals surface area contributed by atoms with Crippen molar-refractivity contribution in [2.24, 2.45) is 0 Å². The second kappa shape index (κ2) is 6.17. The molecule has 0 amide bonds. The van der Waals surface area contributed by atoms with Crippen molar-refractivity contribution in [2.45, 2.75) is 17.9 Å². The summed E-state index contributed by atoms with van der Waals surface area (Å²) in [5, 5.41) is 10.0. The van der Waals surface area contributed by atoms with Gasteiger partial charge in [-0.05, 0) is 31.2 Å². The first kappa shape index (κ1) is 14.0. The summed E-state index contributed by atoms with van der Waals surface area (Å²) >= 11 is 1.30. The van der Waals surface area contributed by atoms with Crippen LogP contribution in [0.5, 0.6) is 0 Å². The standard InChI is InChI=1S/C15H14F2OS/c1-10-5-6-14(17)13(7-10)15(18)9-19-12-4-2-3-11(16)8-12/h2-8,15,18H,9H2,1H3. The normalized spacial score (nSPS) is 12.4. The molecule has 1 atom stereocenters. The summed E-state index contributed by atoms with van der Waals surface area (Å²) in [5.41, 5.74) is 1.18. The van der Waals surface area contributed by atoms with Gasteiger partial charge >= 0.3 is 0 Å². The van der Waals surface area contributed by atoms with Gasteiger partial charge in [0.2, 0.25) is 0 Å². The van der Waals surface area contributed by atoms with E-state index >= 15 is 0 Å². The Morgan fingerprint density at radius 2 is 1.95 bits per heavy atom. The third kappa shape index (κ3) is 3.78. The van der Waals surface area contributed by atoms with Crippen LogP contribution in [0.4, 0.5) is 8.78 Å². The summed E-state index contributed by atoms with van der Waals surface area (Å²) in [7, 11) is 0. The number of rotatable bonds is 4. The van der Waals surface area contributed by atoms with Crippen LogP contribution in [0.1, 0.15) is 17.2 Å². The Kier molecular flexibility index (Phi) is 4.56. The monoisotopic (exact) mass is 280 g/mol. The van der Waals surface area contributed by atoms with E-state index in [1.54, 1.807) is 24.3 Å². The van der Waals surface area contributed by atoms with Gasteiger partial charge in [-0.25, -0.2) is 8.78 Å². The second-order valence-electron chi connectivity index (χ2n) is 4.31. The fourth-order valence-electron chi connectivity index (χ4n) is 1.74. The zero-order valence-corrected chi connectivity index (χ0v) is 11.3. The minimum Gasteiger partial charge on any atom is -0.387 e. The Hall–Kier alpha value is -1.39. The quantitative estimate of drug-likeness (QED) is 0.851. The molecule has 1 unspecified atom stereocenters. The molecular weight excluding hydrogens is 266 g/mol. The van der Waals surface area contributed by atoms with Crippen molar-refractivity contribution in [1.82, 2.24) is 0 Å². The van der Waals surface area contributed by atoms with Gasteiger partial charge in [-0.3, -0.25) is 0 Å². The van der Waals surface area contributed by atoms with E-state index in [9.17, 15) is 13.9 Å². The van der Waals surface area contributed by atoms with Crippen molar-refractivity contribution in [3.05, 3.63) is 65.2 Å². The van der Waals surface area contributed by atoms with Crippen molar-refractivity contribution in [2.75, 3.05) is 5.75 Å². The Morgan fingerprint density at radius 1 is 1.16 bits per heavy atom. The molecule has 2 aromatic carbocycles. The van der Waals surface area contributed by atoms with Crippen LogP contribution in [0.15, 0.2) is 47.4 Å². The van der Waals surface area contributed by atoms with Gasteiger partial charge < -0.3 is 5.11 Å². The summed E-state index contributed by atoms with van der Waals surface area (Å²) in [6.45, 7) is 1.84. The molecule has 100 valence electrons. The van der Waals surface area contributed by atoms with Crippen LogP contribution in [0, 0.1) is 18.6 Å². The predicted octanol–water partition coefficient (Wildman–Crippen LogP) is 4.10. The van der Waals surface area contributed by atoms with E-state index in [0.717, 1.165) is 5.56 Å². The highest BCUT2D eigenvalue weighted by Gasteiger charge is 2.13. The van der Waals surface area contributed by atoms with Gasteiger partial charge in [-0.1, -0.05) is 23.8 Å². The van der Waals surface area contributed by atoms with Gasteiger partial charge in [0, 0.05) is 16.2 Å². The molecule has 0 aliphatic rings. The van der Waals surface area contributed by atoms with Crippen LogP contribution in [0.25, 0.3) is 0 Å². The van der Waals surface area contributed by atoms with Crippen molar-refractivity contribution in [3.8, 4) is 0 Å². The minimum absolute atomic E-state index is 0.281. The van der Waals surface area contributed by atoms with Gasteiger partial charge in [-0.2, -0.15) is 0 Å². The van der Waals surface area contributed by atoms with Crippen LogP contribution >= 0.6 is 11.8 Å². The molecular formula is C15H14F2OS. The first-order valence-electron chi connectivity index (χ1n) is 5.89. The average Bonchev–Trinajstić information content (AvgIpc) is 2.39. The number of hydrogen-bond donors (Lipinski definition) is 1. The highest BCUT2D eigenvalue weighted by atomic mass is 32.2. The van der Waals surface area contributed by atoms with E-state index in [1.807, 2.05) is 6.92 Å². The highest BCUT2D eigenvalue weighted by molar-refractivity contribution is 7.99. The van der Waals surface area contributed by atoms with E-state index in [4.69, 9.17) is 0 Å². The molecule has 0 heterocycles. The zero-order chi connectivity index (χ0) is 13.8. The molecule has 2 rings (SSSR count). The Bertz CT molecular complexity index is 572. The minimum atomic E-state index is -0.909. The molecule has 0 bridgehead atoms. The maximum Gasteiger partial charge on any atom is 0.129 e. The third-order valence-electron chi connectivity index (χ3n) is 2.71. The number of aryl methyl sites for hydroxylation is 1. The van der Waals surface area contributed by atoms with Crippen molar-refractivity contribution in [3.63, 3.8) is 0 Å². The summed E-state index contributed by atoms with van der Waals surface area (Å²) in [5.74, 6) is -0.455. The second-order valence-corrected chi connectivity index (χ2v) is 5.40. The van der Waals surface area contributed by atoms with E-state index in [1.165, 1.54) is 30.0 Å². The Balaban J connectivity index is 2.05. The number of halogens is 2. The average molecular weight is 280 g/mol. The van der Waals surface area contributed by atoms with Gasteiger partial charge in [0.25, 0.3) is 0 Å². The lowest BCUT2D eigenvalue weighted by atomic mass is 10.1. The molecule has 0 aliphatic heterocycles. The van der Waals surface area contributed by atoms with Crippen molar-refractivity contribution < 1.29 is 13.9 Å². The molecule has 19 heavy (non-hydrogen) atoms. The number of benzene rings is 2. The van der Waals surface area contributed by atoms with Crippen LogP contribution < -0.4 is 0 Å². The van der Waals surface area contributed by atoms with Gasteiger partial charge in [0.15, 0.2) is 0 Å². The molecule has 0 saturated carbocycles. The Labute approximate surface area is 115 Å². The molecule has 1 nitrogen and oxygen atoms in total. The van der Waals surface area contributed by atoms with Crippen molar-refractivity contribution >= 4 is 11.8 Å². The first-order chi connectivity index (χ1) is 9.06. The lowest BCUT2D eigenvalue weighted by Crippen LogP contribution is -2.04. The summed E-state index contributed by atoms with van der Waals surface area (Å²) < 4.78 is 26.6. The smallest absolute Gasteiger partial charge is 0.129 e. The van der Waals surface area contributed by atoms with E-state index < -0.39 is 11.9 Å². The molecule has 2 aromatic rings. The number of aliphatic hydroxyl groups excluding tert-OH is 1. The number of thioether (sulfide) groups is 1. The van der Waals surface area contributed by atoms with Gasteiger partial charge in [0.05, 0.1) is 6.10 Å². The zero-order valence-electron chi connectivity index (χ0n) is 10.4. The molecule has 0 aromatic heterocycles. The SMILES string of the molecule is Cc1ccc(F)c(C(O)CSc2cccc(F)c2)c1. The summed E-state index contributed by atoms with van der Waals surface area (Å²) in [6, 6.07) is 10.8. The summed E-state index contributed by atoms with van der Waals surface area (Å²) in [4.78, 5) is 0.715. The van der Waals surface area contributed by atoms with Crippen LogP contribution in [-0.2, 0) is 0 Å². The summed E-state index contributed by atoms with van der Waals surface area (Å²) in [6.07, 6.45) is -0.909.